The minimum atomic E-state index is -0.248. The van der Waals surface area contributed by atoms with Gasteiger partial charge < -0.3 is 15.4 Å². The lowest BCUT2D eigenvalue weighted by atomic mass is 10.1. The van der Waals surface area contributed by atoms with Crippen LogP contribution >= 0.6 is 0 Å². The van der Waals surface area contributed by atoms with Gasteiger partial charge in [-0.15, -0.1) is 0 Å². The Morgan fingerprint density at radius 1 is 1.11 bits per heavy atom. The van der Waals surface area contributed by atoms with Crippen LogP contribution in [0, 0.1) is 6.92 Å². The monoisotopic (exact) mass is 381 g/mol. The minimum absolute atomic E-state index is 0.0473. The molecule has 3 rings (SSSR count). The fraction of sp³-hybridized carbons (Fsp3) is 0.364. The van der Waals surface area contributed by atoms with Crippen LogP contribution in [0.5, 0.6) is 0 Å². The summed E-state index contributed by atoms with van der Waals surface area (Å²) in [6.45, 7) is 5.49. The lowest BCUT2D eigenvalue weighted by molar-refractivity contribution is -0.121. The number of nitrogens with zero attached hydrogens (tertiary/aromatic N) is 1. The van der Waals surface area contributed by atoms with Gasteiger partial charge in [-0.05, 0) is 24.6 Å². The second-order valence-electron chi connectivity index (χ2n) is 7.07. The molecule has 1 aliphatic heterocycles. The van der Waals surface area contributed by atoms with Crippen LogP contribution in [0.1, 0.15) is 21.5 Å². The first-order chi connectivity index (χ1) is 13.6. The van der Waals surface area contributed by atoms with Crippen molar-refractivity contribution in [3.05, 3.63) is 71.3 Å². The van der Waals surface area contributed by atoms with E-state index in [4.69, 9.17) is 4.74 Å². The topological polar surface area (TPSA) is 70.7 Å². The standard InChI is InChI=1S/C22H27N3O3/c1-17-6-5-9-19(12-17)22(27)24-14-21(26)23-13-20-16-25(10-11-28-20)15-18-7-3-2-4-8-18/h2-9,12,20H,10-11,13-16H2,1H3,(H,23,26)(H,24,27). The molecule has 2 aromatic rings. The van der Waals surface area contributed by atoms with Gasteiger partial charge in [0.2, 0.25) is 5.91 Å². The van der Waals surface area contributed by atoms with Crippen molar-refractivity contribution in [2.75, 3.05) is 32.8 Å². The van der Waals surface area contributed by atoms with Gasteiger partial charge in [-0.3, -0.25) is 14.5 Å². The molecular formula is C22H27N3O3. The molecule has 2 aromatic carbocycles. The van der Waals surface area contributed by atoms with Crippen molar-refractivity contribution in [2.24, 2.45) is 0 Å². The molecule has 2 N–H and O–H groups in total. The molecule has 2 amide bonds. The highest BCUT2D eigenvalue weighted by Crippen LogP contribution is 2.10. The summed E-state index contributed by atoms with van der Waals surface area (Å²) in [5, 5.41) is 5.50. The number of rotatable bonds is 7. The van der Waals surface area contributed by atoms with E-state index in [1.807, 2.05) is 37.3 Å². The number of amides is 2. The lowest BCUT2D eigenvalue weighted by Crippen LogP contribution is -2.48. The van der Waals surface area contributed by atoms with Gasteiger partial charge in [0.25, 0.3) is 5.91 Å². The molecular weight excluding hydrogens is 354 g/mol. The zero-order valence-electron chi connectivity index (χ0n) is 16.2. The number of carbonyl (C=O) groups is 2. The lowest BCUT2D eigenvalue weighted by Gasteiger charge is -2.33. The molecule has 28 heavy (non-hydrogen) atoms. The van der Waals surface area contributed by atoms with Crippen LogP contribution < -0.4 is 10.6 Å². The second kappa shape index (κ2) is 10.0. The molecule has 1 aliphatic rings. The Balaban J connectivity index is 1.38. The van der Waals surface area contributed by atoms with Gasteiger partial charge in [0, 0.05) is 31.7 Å². The summed E-state index contributed by atoms with van der Waals surface area (Å²) in [5.74, 6) is -0.466. The molecule has 148 valence electrons. The molecule has 6 heteroatoms. The fourth-order valence-corrected chi connectivity index (χ4v) is 3.23. The normalized spacial score (nSPS) is 17.1. The fourth-order valence-electron chi connectivity index (χ4n) is 3.23. The highest BCUT2D eigenvalue weighted by molar-refractivity contribution is 5.96. The largest absolute Gasteiger partial charge is 0.374 e. The van der Waals surface area contributed by atoms with Gasteiger partial charge in [0.05, 0.1) is 19.3 Å². The molecule has 0 aromatic heterocycles. The predicted octanol–water partition coefficient (Wildman–Crippen LogP) is 1.74. The van der Waals surface area contributed by atoms with Crippen LogP contribution in [-0.2, 0) is 16.1 Å². The Labute approximate surface area is 165 Å². The zero-order chi connectivity index (χ0) is 19.8. The van der Waals surface area contributed by atoms with Crippen LogP contribution in [0.3, 0.4) is 0 Å². The van der Waals surface area contributed by atoms with Crippen molar-refractivity contribution in [1.29, 1.82) is 0 Å². The highest BCUT2D eigenvalue weighted by Gasteiger charge is 2.21. The molecule has 1 atom stereocenters. The summed E-state index contributed by atoms with van der Waals surface area (Å²) >= 11 is 0. The van der Waals surface area contributed by atoms with Crippen LogP contribution in [0.2, 0.25) is 0 Å². The highest BCUT2D eigenvalue weighted by atomic mass is 16.5. The Kier molecular flexibility index (Phi) is 7.17. The Bertz CT molecular complexity index is 795. The SMILES string of the molecule is Cc1cccc(C(=O)NCC(=O)NCC2CN(Cc3ccccc3)CCO2)c1. The van der Waals surface area contributed by atoms with E-state index in [1.54, 1.807) is 12.1 Å². The zero-order valence-corrected chi connectivity index (χ0v) is 16.2. The molecule has 0 aliphatic carbocycles. The van der Waals surface area contributed by atoms with E-state index in [0.29, 0.717) is 18.7 Å². The molecule has 0 radical (unpaired) electrons. The maximum atomic E-state index is 12.1. The van der Waals surface area contributed by atoms with Gasteiger partial charge in [-0.1, -0.05) is 48.0 Å². The number of carbonyl (C=O) groups excluding carboxylic acids is 2. The minimum Gasteiger partial charge on any atom is -0.374 e. The van der Waals surface area contributed by atoms with Crippen molar-refractivity contribution in [1.82, 2.24) is 15.5 Å². The van der Waals surface area contributed by atoms with E-state index in [0.717, 1.165) is 25.2 Å². The number of hydrogen-bond donors (Lipinski definition) is 2. The number of aryl methyl sites for hydroxylation is 1. The Morgan fingerprint density at radius 3 is 2.71 bits per heavy atom. The third-order valence-corrected chi connectivity index (χ3v) is 4.69. The number of nitrogens with one attached hydrogen (secondary N) is 2. The molecule has 1 saturated heterocycles. The molecule has 0 saturated carbocycles. The van der Waals surface area contributed by atoms with E-state index in [9.17, 15) is 9.59 Å². The number of hydrogen-bond acceptors (Lipinski definition) is 4. The summed E-state index contributed by atoms with van der Waals surface area (Å²) < 4.78 is 5.76. The van der Waals surface area contributed by atoms with Crippen LogP contribution in [0.4, 0.5) is 0 Å². The van der Waals surface area contributed by atoms with E-state index in [2.05, 4.69) is 27.7 Å². The summed E-state index contributed by atoms with van der Waals surface area (Å²) in [5.41, 5.74) is 2.83. The van der Waals surface area contributed by atoms with Crippen molar-refractivity contribution >= 4 is 11.8 Å². The third-order valence-electron chi connectivity index (χ3n) is 4.69. The van der Waals surface area contributed by atoms with Crippen LogP contribution in [-0.4, -0.2) is 55.6 Å². The first-order valence-corrected chi connectivity index (χ1v) is 9.59. The van der Waals surface area contributed by atoms with Gasteiger partial charge in [0.15, 0.2) is 0 Å². The average molecular weight is 381 g/mol. The Hall–Kier alpha value is -2.70. The number of benzene rings is 2. The summed E-state index contributed by atoms with van der Waals surface area (Å²) in [6.07, 6.45) is -0.0473. The van der Waals surface area contributed by atoms with Crippen molar-refractivity contribution in [2.45, 2.75) is 19.6 Å². The van der Waals surface area contributed by atoms with Gasteiger partial charge >= 0.3 is 0 Å². The first-order valence-electron chi connectivity index (χ1n) is 9.59. The summed E-state index contributed by atoms with van der Waals surface area (Å²) in [7, 11) is 0. The molecule has 1 unspecified atom stereocenters. The molecule has 0 spiro atoms. The van der Waals surface area contributed by atoms with Gasteiger partial charge in [-0.2, -0.15) is 0 Å². The van der Waals surface area contributed by atoms with E-state index < -0.39 is 0 Å². The van der Waals surface area contributed by atoms with Gasteiger partial charge in [0.1, 0.15) is 0 Å². The molecule has 6 nitrogen and oxygen atoms in total. The van der Waals surface area contributed by atoms with Crippen LogP contribution in [0.15, 0.2) is 54.6 Å². The van der Waals surface area contributed by atoms with Gasteiger partial charge in [-0.25, -0.2) is 0 Å². The van der Waals surface area contributed by atoms with Crippen molar-refractivity contribution < 1.29 is 14.3 Å². The maximum absolute atomic E-state index is 12.1. The van der Waals surface area contributed by atoms with Crippen molar-refractivity contribution in [3.63, 3.8) is 0 Å². The molecule has 1 fully saturated rings. The Morgan fingerprint density at radius 2 is 1.93 bits per heavy atom. The second-order valence-corrected chi connectivity index (χ2v) is 7.07. The first kappa shape index (κ1) is 20.0. The number of morpholine rings is 1. The van der Waals surface area contributed by atoms with E-state index in [-0.39, 0.29) is 24.5 Å². The van der Waals surface area contributed by atoms with Crippen LogP contribution in [0.25, 0.3) is 0 Å². The smallest absolute Gasteiger partial charge is 0.251 e. The predicted molar refractivity (Wildman–Crippen MR) is 108 cm³/mol. The third kappa shape index (κ3) is 6.18. The number of ether oxygens (including phenoxy) is 1. The summed E-state index contributed by atoms with van der Waals surface area (Å²) in [6, 6.07) is 17.6. The molecule has 0 bridgehead atoms. The average Bonchev–Trinajstić information content (AvgIpc) is 2.71. The molecule has 1 heterocycles. The maximum Gasteiger partial charge on any atom is 0.251 e. The summed E-state index contributed by atoms with van der Waals surface area (Å²) in [4.78, 5) is 26.5. The quantitative estimate of drug-likeness (QED) is 0.767. The van der Waals surface area contributed by atoms with Crippen molar-refractivity contribution in [3.8, 4) is 0 Å². The van der Waals surface area contributed by atoms with E-state index >= 15 is 0 Å². The van der Waals surface area contributed by atoms with E-state index in [1.165, 1.54) is 5.56 Å².